The molecule has 0 spiro atoms. The monoisotopic (exact) mass is 374 g/mol. The molecule has 1 aromatic heterocycles. The van der Waals surface area contributed by atoms with Crippen LogP contribution in [0, 0.1) is 5.82 Å². The van der Waals surface area contributed by atoms with Gasteiger partial charge in [-0.1, -0.05) is 17.7 Å². The molecule has 0 amide bonds. The molecule has 0 unspecified atom stereocenters. The van der Waals surface area contributed by atoms with E-state index in [1.807, 2.05) is 30.5 Å². The van der Waals surface area contributed by atoms with Crippen LogP contribution in [0.25, 0.3) is 10.9 Å². The molecule has 1 fully saturated rings. The quantitative estimate of drug-likeness (QED) is 0.725. The molecular formula is C20H20ClFN2O2. The van der Waals surface area contributed by atoms with Crippen LogP contribution in [-0.2, 0) is 11.3 Å². The van der Waals surface area contributed by atoms with Crippen LogP contribution in [0.5, 0.6) is 5.75 Å². The normalized spacial score (nSPS) is 18.3. The van der Waals surface area contributed by atoms with Crippen molar-refractivity contribution in [3.05, 3.63) is 65.1 Å². The zero-order valence-electron chi connectivity index (χ0n) is 14.3. The van der Waals surface area contributed by atoms with Gasteiger partial charge in [0.15, 0.2) is 0 Å². The lowest BCUT2D eigenvalue weighted by atomic mass is 10.1. The number of ether oxygens (including phenoxy) is 2. The molecule has 1 atom stereocenters. The molecule has 4 nitrogen and oxygen atoms in total. The summed E-state index contributed by atoms with van der Waals surface area (Å²) in [4.78, 5) is 5.48. The second-order valence-electron chi connectivity index (χ2n) is 6.50. The zero-order chi connectivity index (χ0) is 17.9. The first-order chi connectivity index (χ1) is 12.7. The van der Waals surface area contributed by atoms with E-state index < -0.39 is 0 Å². The van der Waals surface area contributed by atoms with Crippen LogP contribution in [0.15, 0.2) is 48.7 Å². The Balaban J connectivity index is 1.37. The van der Waals surface area contributed by atoms with Gasteiger partial charge in [0.2, 0.25) is 0 Å². The van der Waals surface area contributed by atoms with E-state index in [1.54, 1.807) is 6.07 Å². The highest BCUT2D eigenvalue weighted by molar-refractivity contribution is 6.30. The average molecular weight is 375 g/mol. The predicted molar refractivity (Wildman–Crippen MR) is 100 cm³/mol. The maximum absolute atomic E-state index is 13.3. The van der Waals surface area contributed by atoms with Crippen molar-refractivity contribution in [2.45, 2.75) is 12.6 Å². The lowest BCUT2D eigenvalue weighted by Gasteiger charge is -2.32. The number of aromatic amines is 1. The highest BCUT2D eigenvalue weighted by Gasteiger charge is 2.22. The molecule has 0 radical (unpaired) electrons. The van der Waals surface area contributed by atoms with E-state index in [4.69, 9.17) is 21.1 Å². The highest BCUT2D eigenvalue weighted by Crippen LogP contribution is 2.22. The van der Waals surface area contributed by atoms with Crippen molar-refractivity contribution >= 4 is 22.5 Å². The predicted octanol–water partition coefficient (Wildman–Crippen LogP) is 4.24. The number of morpholine rings is 1. The number of nitrogens with zero attached hydrogens (tertiary/aromatic N) is 1. The summed E-state index contributed by atoms with van der Waals surface area (Å²) in [6.45, 7) is 3.59. The van der Waals surface area contributed by atoms with Gasteiger partial charge in [0.25, 0.3) is 0 Å². The summed E-state index contributed by atoms with van der Waals surface area (Å²) in [5.41, 5.74) is 1.99. The topological polar surface area (TPSA) is 37.5 Å². The van der Waals surface area contributed by atoms with Gasteiger partial charge in [-0.15, -0.1) is 0 Å². The third kappa shape index (κ3) is 4.01. The summed E-state index contributed by atoms with van der Waals surface area (Å²) < 4.78 is 25.0. The fraction of sp³-hybridized carbons (Fsp3) is 0.300. The number of fused-ring (bicyclic) bond motifs is 1. The maximum atomic E-state index is 13.3. The van der Waals surface area contributed by atoms with E-state index >= 15 is 0 Å². The molecule has 136 valence electrons. The van der Waals surface area contributed by atoms with E-state index in [1.165, 1.54) is 12.1 Å². The van der Waals surface area contributed by atoms with Crippen molar-refractivity contribution in [3.8, 4) is 5.75 Å². The molecule has 1 aliphatic rings. The van der Waals surface area contributed by atoms with Crippen LogP contribution in [0.4, 0.5) is 4.39 Å². The summed E-state index contributed by atoms with van der Waals surface area (Å²) in [6.07, 6.45) is 1.96. The Morgan fingerprint density at radius 2 is 2.19 bits per heavy atom. The van der Waals surface area contributed by atoms with Gasteiger partial charge in [-0.05, 0) is 42.0 Å². The molecule has 2 aromatic carbocycles. The largest absolute Gasteiger partial charge is 0.491 e. The van der Waals surface area contributed by atoms with Crippen molar-refractivity contribution in [2.75, 3.05) is 26.3 Å². The minimum absolute atomic E-state index is 0.00498. The van der Waals surface area contributed by atoms with Crippen molar-refractivity contribution in [3.63, 3.8) is 0 Å². The van der Waals surface area contributed by atoms with Crippen LogP contribution < -0.4 is 4.74 Å². The highest BCUT2D eigenvalue weighted by atomic mass is 35.5. The molecule has 1 saturated heterocycles. The van der Waals surface area contributed by atoms with E-state index in [2.05, 4.69) is 9.88 Å². The van der Waals surface area contributed by atoms with Gasteiger partial charge in [0.05, 0.1) is 6.61 Å². The van der Waals surface area contributed by atoms with Gasteiger partial charge >= 0.3 is 0 Å². The van der Waals surface area contributed by atoms with Gasteiger partial charge in [0, 0.05) is 41.8 Å². The summed E-state index contributed by atoms with van der Waals surface area (Å²) in [5.74, 6) is 0.521. The standard InChI is InChI=1S/C20H20ClFN2O2/c21-15-2-1-3-17(8-15)26-13-18-12-24(6-7-25-18)11-14-10-23-20-9-16(22)4-5-19(14)20/h1-5,8-10,18,23H,6-7,11-13H2/t18-/m0/s1. The van der Waals surface area contributed by atoms with Crippen molar-refractivity contribution in [2.24, 2.45) is 0 Å². The number of rotatable bonds is 5. The number of halogens is 2. The first kappa shape index (κ1) is 17.3. The molecule has 1 N–H and O–H groups in total. The Bertz CT molecular complexity index is 898. The summed E-state index contributed by atoms with van der Waals surface area (Å²) in [6, 6.07) is 12.2. The minimum Gasteiger partial charge on any atom is -0.491 e. The zero-order valence-corrected chi connectivity index (χ0v) is 15.0. The molecule has 2 heterocycles. The van der Waals surface area contributed by atoms with Gasteiger partial charge in [-0.2, -0.15) is 0 Å². The van der Waals surface area contributed by atoms with E-state index in [-0.39, 0.29) is 11.9 Å². The summed E-state index contributed by atoms with van der Waals surface area (Å²) >= 11 is 5.98. The summed E-state index contributed by atoms with van der Waals surface area (Å²) in [5, 5.41) is 1.72. The molecule has 0 bridgehead atoms. The Labute approximate surface area is 156 Å². The van der Waals surface area contributed by atoms with Gasteiger partial charge in [-0.3, -0.25) is 4.90 Å². The Morgan fingerprint density at radius 1 is 1.27 bits per heavy atom. The third-order valence-corrected chi connectivity index (χ3v) is 4.81. The second kappa shape index (κ2) is 7.66. The minimum atomic E-state index is -0.226. The smallest absolute Gasteiger partial charge is 0.125 e. The molecule has 0 saturated carbocycles. The Hall–Kier alpha value is -2.08. The molecule has 6 heteroatoms. The van der Waals surface area contributed by atoms with Crippen LogP contribution >= 0.6 is 11.6 Å². The van der Waals surface area contributed by atoms with Gasteiger partial charge in [0.1, 0.15) is 24.3 Å². The SMILES string of the molecule is Fc1ccc2c(CN3CCO[C@H](COc4cccc(Cl)c4)C3)c[nH]c2c1. The van der Waals surface area contributed by atoms with Crippen molar-refractivity contribution in [1.82, 2.24) is 9.88 Å². The number of hydrogen-bond donors (Lipinski definition) is 1. The Morgan fingerprint density at radius 3 is 3.08 bits per heavy atom. The lowest BCUT2D eigenvalue weighted by Crippen LogP contribution is -2.44. The van der Waals surface area contributed by atoms with Gasteiger partial charge in [-0.25, -0.2) is 4.39 Å². The first-order valence-corrected chi connectivity index (χ1v) is 9.03. The van der Waals surface area contributed by atoms with Crippen molar-refractivity contribution in [1.29, 1.82) is 0 Å². The number of H-pyrrole nitrogens is 1. The van der Waals surface area contributed by atoms with Gasteiger partial charge < -0.3 is 14.5 Å². The fourth-order valence-corrected chi connectivity index (χ4v) is 3.48. The average Bonchev–Trinajstić information content (AvgIpc) is 3.02. The van der Waals surface area contributed by atoms with Crippen LogP contribution in [-0.4, -0.2) is 42.3 Å². The summed E-state index contributed by atoms with van der Waals surface area (Å²) in [7, 11) is 0. The van der Waals surface area contributed by atoms with E-state index in [9.17, 15) is 4.39 Å². The molecular weight excluding hydrogens is 355 g/mol. The number of benzene rings is 2. The molecule has 0 aliphatic carbocycles. The number of hydrogen-bond acceptors (Lipinski definition) is 3. The van der Waals surface area contributed by atoms with E-state index in [0.717, 1.165) is 41.9 Å². The molecule has 4 rings (SSSR count). The number of nitrogens with one attached hydrogen (secondary N) is 1. The third-order valence-electron chi connectivity index (χ3n) is 4.58. The van der Waals surface area contributed by atoms with Crippen LogP contribution in [0.1, 0.15) is 5.56 Å². The lowest BCUT2D eigenvalue weighted by molar-refractivity contribution is -0.0503. The maximum Gasteiger partial charge on any atom is 0.125 e. The second-order valence-corrected chi connectivity index (χ2v) is 6.94. The van der Waals surface area contributed by atoms with Crippen molar-refractivity contribution < 1.29 is 13.9 Å². The molecule has 26 heavy (non-hydrogen) atoms. The Kier molecular flexibility index (Phi) is 5.11. The van der Waals surface area contributed by atoms with E-state index in [0.29, 0.717) is 18.2 Å². The fourth-order valence-electron chi connectivity index (χ4n) is 3.30. The number of aromatic nitrogens is 1. The van der Waals surface area contributed by atoms with Crippen LogP contribution in [0.2, 0.25) is 5.02 Å². The molecule has 1 aliphatic heterocycles. The van der Waals surface area contributed by atoms with Crippen LogP contribution in [0.3, 0.4) is 0 Å². The molecule has 3 aromatic rings. The first-order valence-electron chi connectivity index (χ1n) is 8.65.